The zero-order chi connectivity index (χ0) is 15.8. The molecule has 0 saturated heterocycles. The van der Waals surface area contributed by atoms with Gasteiger partial charge in [0.05, 0.1) is 11.4 Å². The van der Waals surface area contributed by atoms with Crippen LogP contribution in [0.4, 0.5) is 5.69 Å². The van der Waals surface area contributed by atoms with E-state index in [-0.39, 0.29) is 24.3 Å². The molecule has 0 spiro atoms. The monoisotopic (exact) mass is 306 g/mol. The Kier molecular flexibility index (Phi) is 3.19. The second kappa shape index (κ2) is 5.35. The van der Waals surface area contributed by atoms with Crippen molar-refractivity contribution >= 4 is 23.2 Å². The number of benzene rings is 1. The smallest absolute Gasteiger partial charge is 0.273 e. The second-order valence-corrected chi connectivity index (χ2v) is 5.61. The molecular formula is C18H14N2O3. The molecule has 5 heteroatoms. The van der Waals surface area contributed by atoms with E-state index < -0.39 is 0 Å². The lowest BCUT2D eigenvalue weighted by atomic mass is 9.90. The molecule has 4 rings (SSSR count). The van der Waals surface area contributed by atoms with Crippen molar-refractivity contribution in [2.45, 2.75) is 6.42 Å². The van der Waals surface area contributed by atoms with Gasteiger partial charge in [0.15, 0.2) is 6.61 Å². The number of allylic oxidation sites excluding steroid dienone is 5. The Morgan fingerprint density at radius 2 is 2.17 bits per heavy atom. The van der Waals surface area contributed by atoms with Crippen molar-refractivity contribution in [1.29, 1.82) is 0 Å². The summed E-state index contributed by atoms with van der Waals surface area (Å²) >= 11 is 0. The zero-order valence-corrected chi connectivity index (χ0v) is 12.3. The summed E-state index contributed by atoms with van der Waals surface area (Å²) < 4.78 is 5.54. The number of dihydropyridines is 1. The maximum Gasteiger partial charge on any atom is 0.273 e. The maximum absolute atomic E-state index is 12.2. The number of fused-ring (bicyclic) bond motifs is 2. The van der Waals surface area contributed by atoms with E-state index in [1.165, 1.54) is 0 Å². The molecule has 23 heavy (non-hydrogen) atoms. The molecule has 114 valence electrons. The third kappa shape index (κ3) is 2.50. The summed E-state index contributed by atoms with van der Waals surface area (Å²) in [4.78, 5) is 27.8. The van der Waals surface area contributed by atoms with Crippen molar-refractivity contribution < 1.29 is 14.3 Å². The number of rotatable bonds is 2. The van der Waals surface area contributed by atoms with Gasteiger partial charge in [-0.05, 0) is 12.1 Å². The fraction of sp³-hybridized carbons (Fsp3) is 0.167. The SMILES string of the molecule is O=C1COc2c(CC3=CC4C=CC=CC4=NC3=O)cccc2N1. The van der Waals surface area contributed by atoms with Crippen LogP contribution in [-0.2, 0) is 16.0 Å². The number of para-hydroxylation sites is 1. The quantitative estimate of drug-likeness (QED) is 0.911. The van der Waals surface area contributed by atoms with Gasteiger partial charge < -0.3 is 10.1 Å². The number of nitrogens with zero attached hydrogens (tertiary/aromatic N) is 1. The van der Waals surface area contributed by atoms with Crippen LogP contribution in [0.15, 0.2) is 59.1 Å². The Hall–Kier alpha value is -2.95. The van der Waals surface area contributed by atoms with Crippen LogP contribution in [0.3, 0.4) is 0 Å². The predicted molar refractivity (Wildman–Crippen MR) is 86.6 cm³/mol. The number of carbonyl (C=O) groups is 2. The van der Waals surface area contributed by atoms with E-state index in [1.807, 2.05) is 42.5 Å². The highest BCUT2D eigenvalue weighted by atomic mass is 16.5. The molecule has 1 N–H and O–H groups in total. The number of anilines is 1. The van der Waals surface area contributed by atoms with Crippen molar-refractivity contribution in [3.63, 3.8) is 0 Å². The lowest BCUT2D eigenvalue weighted by Crippen LogP contribution is -2.26. The number of hydrogen-bond acceptors (Lipinski definition) is 3. The number of nitrogens with one attached hydrogen (secondary N) is 1. The molecule has 5 nitrogen and oxygen atoms in total. The van der Waals surface area contributed by atoms with Gasteiger partial charge in [-0.15, -0.1) is 0 Å². The summed E-state index contributed by atoms with van der Waals surface area (Å²) in [5.41, 5.74) is 2.94. The summed E-state index contributed by atoms with van der Waals surface area (Å²) in [5.74, 6) is 0.298. The minimum atomic E-state index is -0.214. The molecule has 1 aromatic rings. The standard InChI is InChI=1S/C18H14N2O3/c21-16-10-23-17-12(5-3-7-15(17)19-16)9-13-8-11-4-1-2-6-14(11)20-18(13)22/h1-8,11H,9-10H2,(H,19,21). The fourth-order valence-electron chi connectivity index (χ4n) is 2.93. The third-order valence-electron chi connectivity index (χ3n) is 4.02. The molecule has 2 aliphatic heterocycles. The molecule has 2 amide bonds. The number of amides is 2. The van der Waals surface area contributed by atoms with Gasteiger partial charge in [-0.1, -0.05) is 36.4 Å². The number of aliphatic imine (C=N–C) groups is 1. The molecule has 0 radical (unpaired) electrons. The highest BCUT2D eigenvalue weighted by Gasteiger charge is 2.25. The van der Waals surface area contributed by atoms with Crippen LogP contribution in [0, 0.1) is 5.92 Å². The molecule has 2 heterocycles. The van der Waals surface area contributed by atoms with Gasteiger partial charge >= 0.3 is 0 Å². The van der Waals surface area contributed by atoms with Crippen LogP contribution in [0.25, 0.3) is 0 Å². The minimum Gasteiger partial charge on any atom is -0.481 e. The van der Waals surface area contributed by atoms with Crippen molar-refractivity contribution in [3.8, 4) is 5.75 Å². The Labute approximate surface area is 133 Å². The number of carbonyl (C=O) groups excluding carboxylic acids is 2. The van der Waals surface area contributed by atoms with Gasteiger partial charge in [-0.25, -0.2) is 4.99 Å². The normalized spacial score (nSPS) is 21.7. The van der Waals surface area contributed by atoms with Crippen LogP contribution < -0.4 is 10.1 Å². The van der Waals surface area contributed by atoms with Crippen molar-refractivity contribution in [2.75, 3.05) is 11.9 Å². The molecule has 0 aromatic heterocycles. The molecule has 0 saturated carbocycles. The third-order valence-corrected chi connectivity index (χ3v) is 4.02. The molecule has 3 aliphatic rings. The van der Waals surface area contributed by atoms with Gasteiger partial charge in [0, 0.05) is 23.5 Å². The Balaban J connectivity index is 1.64. The summed E-state index contributed by atoms with van der Waals surface area (Å²) in [6.45, 7) is -0.00450. The van der Waals surface area contributed by atoms with Gasteiger partial charge in [-0.3, -0.25) is 9.59 Å². The minimum absolute atomic E-state index is 0.00450. The summed E-state index contributed by atoms with van der Waals surface area (Å²) in [7, 11) is 0. The van der Waals surface area contributed by atoms with E-state index in [2.05, 4.69) is 10.3 Å². The molecule has 1 unspecified atom stereocenters. The molecule has 1 aromatic carbocycles. The first-order valence-corrected chi connectivity index (χ1v) is 7.44. The van der Waals surface area contributed by atoms with Crippen LogP contribution in [-0.4, -0.2) is 24.1 Å². The van der Waals surface area contributed by atoms with Crippen LogP contribution in [0.2, 0.25) is 0 Å². The molecule has 1 aliphatic carbocycles. The Morgan fingerprint density at radius 1 is 1.26 bits per heavy atom. The average Bonchev–Trinajstić information content (AvgIpc) is 2.55. The molecule has 0 fully saturated rings. The van der Waals surface area contributed by atoms with Crippen LogP contribution in [0.5, 0.6) is 5.75 Å². The molecule has 0 bridgehead atoms. The predicted octanol–water partition coefficient (Wildman–Crippen LogP) is 2.21. The van der Waals surface area contributed by atoms with E-state index in [4.69, 9.17) is 4.74 Å². The lowest BCUT2D eigenvalue weighted by molar-refractivity contribution is -0.118. The van der Waals surface area contributed by atoms with E-state index >= 15 is 0 Å². The first kappa shape index (κ1) is 13.7. The lowest BCUT2D eigenvalue weighted by Gasteiger charge is -2.22. The van der Waals surface area contributed by atoms with Gasteiger partial charge in [0.1, 0.15) is 5.75 Å². The molecule has 1 atom stereocenters. The highest BCUT2D eigenvalue weighted by molar-refractivity contribution is 6.13. The maximum atomic E-state index is 12.2. The largest absolute Gasteiger partial charge is 0.481 e. The van der Waals surface area contributed by atoms with E-state index in [0.717, 1.165) is 11.3 Å². The summed E-state index contributed by atoms with van der Waals surface area (Å²) in [6, 6.07) is 5.53. The van der Waals surface area contributed by atoms with Crippen molar-refractivity contribution in [3.05, 3.63) is 59.7 Å². The molecular weight excluding hydrogens is 292 g/mol. The van der Waals surface area contributed by atoms with Crippen molar-refractivity contribution in [1.82, 2.24) is 0 Å². The fourth-order valence-corrected chi connectivity index (χ4v) is 2.93. The Bertz CT molecular complexity index is 831. The van der Waals surface area contributed by atoms with Crippen molar-refractivity contribution in [2.24, 2.45) is 10.9 Å². The topological polar surface area (TPSA) is 67.8 Å². The average molecular weight is 306 g/mol. The highest BCUT2D eigenvalue weighted by Crippen LogP contribution is 2.34. The van der Waals surface area contributed by atoms with Gasteiger partial charge in [0.25, 0.3) is 11.8 Å². The first-order chi connectivity index (χ1) is 11.2. The van der Waals surface area contributed by atoms with Gasteiger partial charge in [0.2, 0.25) is 0 Å². The second-order valence-electron chi connectivity index (χ2n) is 5.61. The van der Waals surface area contributed by atoms with Crippen LogP contribution >= 0.6 is 0 Å². The first-order valence-electron chi connectivity index (χ1n) is 7.44. The number of ether oxygens (including phenoxy) is 1. The summed E-state index contributed by atoms with van der Waals surface area (Å²) in [5, 5.41) is 2.78. The van der Waals surface area contributed by atoms with Gasteiger partial charge in [-0.2, -0.15) is 0 Å². The van der Waals surface area contributed by atoms with E-state index in [9.17, 15) is 9.59 Å². The zero-order valence-electron chi connectivity index (χ0n) is 12.3. The van der Waals surface area contributed by atoms with E-state index in [1.54, 1.807) is 6.07 Å². The Morgan fingerprint density at radius 3 is 3.09 bits per heavy atom. The number of hydrogen-bond donors (Lipinski definition) is 1. The summed E-state index contributed by atoms with van der Waals surface area (Å²) in [6.07, 6.45) is 10.1. The van der Waals surface area contributed by atoms with Crippen LogP contribution in [0.1, 0.15) is 5.56 Å². The van der Waals surface area contributed by atoms with E-state index in [0.29, 0.717) is 23.4 Å².